The zero-order valence-corrected chi connectivity index (χ0v) is 11.4. The van der Waals surface area contributed by atoms with Crippen molar-refractivity contribution in [2.45, 2.75) is 6.92 Å². The van der Waals surface area contributed by atoms with E-state index in [4.69, 9.17) is 16.7 Å². The second kappa shape index (κ2) is 5.75. The first-order valence-electron chi connectivity index (χ1n) is 5.85. The van der Waals surface area contributed by atoms with Crippen molar-refractivity contribution in [3.8, 4) is 5.75 Å². The topological polar surface area (TPSA) is 69.9 Å². The van der Waals surface area contributed by atoms with Gasteiger partial charge in [-0.1, -0.05) is 23.7 Å². The van der Waals surface area contributed by atoms with Crippen LogP contribution in [0.15, 0.2) is 41.4 Å². The van der Waals surface area contributed by atoms with Crippen LogP contribution >= 0.6 is 11.6 Å². The first-order valence-corrected chi connectivity index (χ1v) is 6.23. The number of carbonyl (C=O) groups is 1. The van der Waals surface area contributed by atoms with Gasteiger partial charge in [-0.3, -0.25) is 4.99 Å². The van der Waals surface area contributed by atoms with Crippen LogP contribution in [0.1, 0.15) is 21.5 Å². The molecule has 0 fully saturated rings. The number of para-hydroxylation sites is 1. The average Bonchev–Trinajstić information content (AvgIpc) is 2.41. The van der Waals surface area contributed by atoms with Crippen LogP contribution in [0.4, 0.5) is 5.69 Å². The third-order valence-corrected chi connectivity index (χ3v) is 3.29. The fourth-order valence-corrected chi connectivity index (χ4v) is 1.88. The SMILES string of the molecule is Cc1c(Cl)cccc1N=Cc1cccc(C(=O)O)c1O. The van der Waals surface area contributed by atoms with Gasteiger partial charge in [0, 0.05) is 16.8 Å². The van der Waals surface area contributed by atoms with Crippen LogP contribution in [0.5, 0.6) is 5.75 Å². The lowest BCUT2D eigenvalue weighted by Crippen LogP contribution is -1.98. The normalized spacial score (nSPS) is 10.9. The number of halogens is 1. The maximum absolute atomic E-state index is 10.9. The molecule has 0 amide bonds. The van der Waals surface area contributed by atoms with Crippen LogP contribution in [0.25, 0.3) is 0 Å². The van der Waals surface area contributed by atoms with E-state index in [0.29, 0.717) is 16.3 Å². The molecule has 0 bridgehead atoms. The molecule has 2 aromatic carbocycles. The van der Waals surface area contributed by atoms with Gasteiger partial charge in [0.2, 0.25) is 0 Å². The van der Waals surface area contributed by atoms with Crippen LogP contribution in [0.3, 0.4) is 0 Å². The van der Waals surface area contributed by atoms with Crippen molar-refractivity contribution in [2.24, 2.45) is 4.99 Å². The summed E-state index contributed by atoms with van der Waals surface area (Å²) in [4.78, 5) is 15.2. The lowest BCUT2D eigenvalue weighted by atomic mass is 10.1. The number of nitrogens with zero attached hydrogens (tertiary/aromatic N) is 1. The second-order valence-corrected chi connectivity index (χ2v) is 4.60. The third-order valence-electron chi connectivity index (χ3n) is 2.88. The van der Waals surface area contributed by atoms with E-state index < -0.39 is 5.97 Å². The summed E-state index contributed by atoms with van der Waals surface area (Å²) in [6.45, 7) is 1.84. The minimum atomic E-state index is -1.18. The summed E-state index contributed by atoms with van der Waals surface area (Å²) < 4.78 is 0. The molecule has 0 aliphatic carbocycles. The number of benzene rings is 2. The van der Waals surface area contributed by atoms with Gasteiger partial charge in [0.15, 0.2) is 0 Å². The van der Waals surface area contributed by atoms with Crippen LogP contribution in [0, 0.1) is 6.92 Å². The standard InChI is InChI=1S/C15H12ClNO3/c1-9-12(16)6-3-7-13(9)17-8-10-4-2-5-11(14(10)18)15(19)20/h2-8,18H,1H3,(H,19,20). The number of carboxylic acids is 1. The molecule has 0 aliphatic heterocycles. The molecular formula is C15H12ClNO3. The summed E-state index contributed by atoms with van der Waals surface area (Å²) in [6.07, 6.45) is 1.42. The zero-order chi connectivity index (χ0) is 14.7. The molecule has 0 saturated carbocycles. The van der Waals surface area contributed by atoms with Crippen LogP contribution in [-0.4, -0.2) is 22.4 Å². The Morgan fingerprint density at radius 3 is 2.65 bits per heavy atom. The van der Waals surface area contributed by atoms with Crippen molar-refractivity contribution >= 4 is 29.5 Å². The van der Waals surface area contributed by atoms with Crippen LogP contribution < -0.4 is 0 Å². The molecule has 4 nitrogen and oxygen atoms in total. The number of carboxylic acid groups (broad SMARTS) is 1. The number of hydrogen-bond acceptors (Lipinski definition) is 3. The number of rotatable bonds is 3. The Labute approximate surface area is 121 Å². The molecule has 0 aromatic heterocycles. The second-order valence-electron chi connectivity index (χ2n) is 4.19. The predicted molar refractivity (Wildman–Crippen MR) is 78.5 cm³/mol. The van der Waals surface area contributed by atoms with E-state index in [1.807, 2.05) is 6.92 Å². The highest BCUT2D eigenvalue weighted by atomic mass is 35.5. The number of aliphatic imine (C=N–C) groups is 1. The molecule has 2 N–H and O–H groups in total. The van der Waals surface area contributed by atoms with Gasteiger partial charge < -0.3 is 10.2 Å². The molecule has 0 atom stereocenters. The lowest BCUT2D eigenvalue weighted by molar-refractivity contribution is 0.0693. The Hall–Kier alpha value is -2.33. The van der Waals surface area contributed by atoms with E-state index in [1.165, 1.54) is 12.3 Å². The van der Waals surface area contributed by atoms with E-state index in [-0.39, 0.29) is 11.3 Å². The predicted octanol–water partition coefficient (Wildman–Crippen LogP) is 3.80. The van der Waals surface area contributed by atoms with Crippen molar-refractivity contribution in [2.75, 3.05) is 0 Å². The molecule has 0 heterocycles. The Morgan fingerprint density at radius 2 is 1.95 bits per heavy atom. The Kier molecular flexibility index (Phi) is 4.05. The van der Waals surface area contributed by atoms with E-state index in [0.717, 1.165) is 5.56 Å². The smallest absolute Gasteiger partial charge is 0.339 e. The highest BCUT2D eigenvalue weighted by Crippen LogP contribution is 2.26. The molecule has 5 heteroatoms. The van der Waals surface area contributed by atoms with Crippen molar-refractivity contribution < 1.29 is 15.0 Å². The Morgan fingerprint density at radius 1 is 1.25 bits per heavy atom. The molecule has 102 valence electrons. The van der Waals surface area contributed by atoms with E-state index in [2.05, 4.69) is 4.99 Å². The van der Waals surface area contributed by atoms with Crippen LogP contribution in [-0.2, 0) is 0 Å². The van der Waals surface area contributed by atoms with Gasteiger partial charge in [-0.15, -0.1) is 0 Å². The summed E-state index contributed by atoms with van der Waals surface area (Å²) in [5, 5.41) is 19.4. The average molecular weight is 290 g/mol. The Balaban J connectivity index is 2.40. The molecule has 2 aromatic rings. The molecule has 2 rings (SSSR count). The Bertz CT molecular complexity index is 696. The third kappa shape index (κ3) is 2.81. The number of aromatic carboxylic acids is 1. The number of phenols is 1. The van der Waals surface area contributed by atoms with Gasteiger partial charge in [0.1, 0.15) is 11.3 Å². The van der Waals surface area contributed by atoms with Crippen molar-refractivity contribution in [1.29, 1.82) is 0 Å². The van der Waals surface area contributed by atoms with Gasteiger partial charge in [0.25, 0.3) is 0 Å². The fraction of sp³-hybridized carbons (Fsp3) is 0.0667. The van der Waals surface area contributed by atoms with E-state index in [1.54, 1.807) is 30.3 Å². The number of aromatic hydroxyl groups is 1. The van der Waals surface area contributed by atoms with E-state index in [9.17, 15) is 9.90 Å². The summed E-state index contributed by atoms with van der Waals surface area (Å²) >= 11 is 5.99. The molecule has 0 spiro atoms. The highest BCUT2D eigenvalue weighted by molar-refractivity contribution is 6.31. The minimum absolute atomic E-state index is 0.156. The van der Waals surface area contributed by atoms with Gasteiger partial charge >= 0.3 is 5.97 Å². The van der Waals surface area contributed by atoms with Gasteiger partial charge in [-0.25, -0.2) is 4.79 Å². The van der Waals surface area contributed by atoms with Crippen LogP contribution in [0.2, 0.25) is 5.02 Å². The number of hydrogen-bond donors (Lipinski definition) is 2. The fourth-order valence-electron chi connectivity index (χ4n) is 1.71. The molecule has 0 saturated heterocycles. The maximum atomic E-state index is 10.9. The molecule has 0 radical (unpaired) electrons. The molecule has 20 heavy (non-hydrogen) atoms. The van der Waals surface area contributed by atoms with Crippen molar-refractivity contribution in [3.63, 3.8) is 0 Å². The molecular weight excluding hydrogens is 278 g/mol. The maximum Gasteiger partial charge on any atom is 0.339 e. The van der Waals surface area contributed by atoms with Gasteiger partial charge in [0.05, 0.1) is 5.69 Å². The monoisotopic (exact) mass is 289 g/mol. The largest absolute Gasteiger partial charge is 0.506 e. The summed E-state index contributed by atoms with van der Waals surface area (Å²) in [6, 6.07) is 9.80. The van der Waals surface area contributed by atoms with Gasteiger partial charge in [-0.05, 0) is 36.8 Å². The van der Waals surface area contributed by atoms with Crippen molar-refractivity contribution in [3.05, 3.63) is 58.1 Å². The molecule has 0 unspecified atom stereocenters. The summed E-state index contributed by atoms with van der Waals surface area (Å²) in [7, 11) is 0. The van der Waals surface area contributed by atoms with Crippen molar-refractivity contribution in [1.82, 2.24) is 0 Å². The first-order chi connectivity index (χ1) is 9.50. The first kappa shape index (κ1) is 14.1. The quantitative estimate of drug-likeness (QED) is 0.844. The van der Waals surface area contributed by atoms with E-state index >= 15 is 0 Å². The summed E-state index contributed by atoms with van der Waals surface area (Å²) in [5.74, 6) is -1.49. The summed E-state index contributed by atoms with van der Waals surface area (Å²) in [5.41, 5.74) is 1.66. The van der Waals surface area contributed by atoms with Gasteiger partial charge in [-0.2, -0.15) is 0 Å². The zero-order valence-electron chi connectivity index (χ0n) is 10.7. The lowest BCUT2D eigenvalue weighted by Gasteiger charge is -2.04. The highest BCUT2D eigenvalue weighted by Gasteiger charge is 2.11. The minimum Gasteiger partial charge on any atom is -0.506 e. The molecule has 0 aliphatic rings.